The second kappa shape index (κ2) is 15.0. The molecule has 0 saturated heterocycles. The first kappa shape index (κ1) is 29.8. The van der Waals surface area contributed by atoms with E-state index in [1.165, 1.54) is 84.2 Å². The standard InChI is InChI=1S/C28H23N5O5S2/c1-30-14-16-40-26-17-23(31-27(35)12-5-19-3-8-21(9-4-19)33(37)38)25(39-15-2-13-29)18-24(26)32-28(36)20-6-10-22(34)11-7-20/h3-12,17-18,34H,2,14-16H2,(H,31,35)(H,32,36). The Kier molecular flexibility index (Phi) is 11.1. The Morgan fingerprint density at radius 3 is 2.25 bits per heavy atom. The van der Waals surface area contributed by atoms with Gasteiger partial charge in [0.15, 0.2) is 0 Å². The second-order valence-electron chi connectivity index (χ2n) is 8.00. The number of phenolic OH excluding ortho intramolecular Hbond substituents is 1. The number of nitro benzene ring substituents is 1. The number of phenols is 1. The number of hydrogen-bond acceptors (Lipinski definition) is 8. The van der Waals surface area contributed by atoms with Gasteiger partial charge in [0, 0.05) is 45.7 Å². The van der Waals surface area contributed by atoms with Crippen molar-refractivity contribution in [1.82, 2.24) is 0 Å². The van der Waals surface area contributed by atoms with Crippen LogP contribution in [0.4, 0.5) is 17.1 Å². The number of nitrogens with one attached hydrogen (secondary N) is 2. The Labute approximate surface area is 239 Å². The van der Waals surface area contributed by atoms with Gasteiger partial charge < -0.3 is 20.6 Å². The lowest BCUT2D eigenvalue weighted by Crippen LogP contribution is -2.14. The van der Waals surface area contributed by atoms with Crippen LogP contribution in [-0.2, 0) is 4.79 Å². The van der Waals surface area contributed by atoms with Gasteiger partial charge in [-0.3, -0.25) is 19.7 Å². The number of nitriles is 1. The molecule has 0 saturated carbocycles. The van der Waals surface area contributed by atoms with Gasteiger partial charge in [0.05, 0.1) is 28.1 Å². The summed E-state index contributed by atoms with van der Waals surface area (Å²) in [4.78, 5) is 40.7. The average Bonchev–Trinajstić information content (AvgIpc) is 2.94. The van der Waals surface area contributed by atoms with E-state index in [0.29, 0.717) is 43.8 Å². The Balaban J connectivity index is 1.89. The van der Waals surface area contributed by atoms with E-state index in [4.69, 9.17) is 11.8 Å². The summed E-state index contributed by atoms with van der Waals surface area (Å²) < 4.78 is 0. The van der Waals surface area contributed by atoms with E-state index in [2.05, 4.69) is 21.5 Å². The summed E-state index contributed by atoms with van der Waals surface area (Å²) in [6.45, 7) is 7.33. The monoisotopic (exact) mass is 573 g/mol. The van der Waals surface area contributed by atoms with Crippen LogP contribution in [0.15, 0.2) is 76.5 Å². The van der Waals surface area contributed by atoms with Crippen molar-refractivity contribution in [2.75, 3.05) is 28.7 Å². The zero-order valence-electron chi connectivity index (χ0n) is 21.0. The summed E-state index contributed by atoms with van der Waals surface area (Å²) in [5.74, 6) is 0.0974. The summed E-state index contributed by atoms with van der Waals surface area (Å²) in [7, 11) is 0. The summed E-state index contributed by atoms with van der Waals surface area (Å²) in [5, 5.41) is 35.1. The fourth-order valence-electron chi connectivity index (χ4n) is 3.26. The molecule has 0 radical (unpaired) electrons. The third-order valence-corrected chi connectivity index (χ3v) is 7.27. The number of non-ortho nitro benzene ring substituents is 1. The summed E-state index contributed by atoms with van der Waals surface area (Å²) in [5.41, 5.74) is 1.83. The summed E-state index contributed by atoms with van der Waals surface area (Å²) >= 11 is 2.69. The zero-order chi connectivity index (χ0) is 28.9. The van der Waals surface area contributed by atoms with Gasteiger partial charge in [0.25, 0.3) is 11.6 Å². The number of amides is 2. The molecule has 202 valence electrons. The van der Waals surface area contributed by atoms with Gasteiger partial charge in [-0.1, -0.05) is 0 Å². The van der Waals surface area contributed by atoms with E-state index in [1.54, 1.807) is 12.1 Å². The van der Waals surface area contributed by atoms with Crippen molar-refractivity contribution >= 4 is 58.5 Å². The highest BCUT2D eigenvalue weighted by atomic mass is 32.2. The highest BCUT2D eigenvalue weighted by Crippen LogP contribution is 2.38. The SMILES string of the molecule is [C-]#[N+]CCSc1cc(NC(=O)C=Cc2ccc([N+](=O)[O-])cc2)c(SCCC#N)cc1NC(=O)c1ccc(O)cc1. The van der Waals surface area contributed by atoms with Crippen LogP contribution >= 0.6 is 23.5 Å². The molecule has 0 aromatic heterocycles. The number of hydrogen-bond donors (Lipinski definition) is 3. The molecule has 3 aromatic carbocycles. The topological polar surface area (TPSA) is 150 Å². The molecule has 0 spiro atoms. The smallest absolute Gasteiger partial charge is 0.269 e. The van der Waals surface area contributed by atoms with Gasteiger partial charge in [0.2, 0.25) is 12.5 Å². The molecule has 40 heavy (non-hydrogen) atoms. The van der Waals surface area contributed by atoms with E-state index in [9.17, 15) is 24.8 Å². The first-order valence-electron chi connectivity index (χ1n) is 11.8. The van der Waals surface area contributed by atoms with Crippen molar-refractivity contribution < 1.29 is 19.6 Å². The predicted octanol–water partition coefficient (Wildman–Crippen LogP) is 6.22. The van der Waals surface area contributed by atoms with Crippen LogP contribution in [0.1, 0.15) is 22.3 Å². The van der Waals surface area contributed by atoms with Crippen LogP contribution in [0.2, 0.25) is 0 Å². The van der Waals surface area contributed by atoms with Crippen molar-refractivity contribution in [2.45, 2.75) is 16.2 Å². The number of anilines is 2. The van der Waals surface area contributed by atoms with Crippen LogP contribution in [0.25, 0.3) is 10.9 Å². The summed E-state index contributed by atoms with van der Waals surface area (Å²) in [6.07, 6.45) is 3.10. The molecule has 2 amide bonds. The van der Waals surface area contributed by atoms with Gasteiger partial charge in [-0.2, -0.15) is 5.26 Å². The number of thioether (sulfide) groups is 2. The number of carbonyl (C=O) groups is 2. The second-order valence-corrected chi connectivity index (χ2v) is 10.3. The van der Waals surface area contributed by atoms with Gasteiger partial charge in [-0.25, -0.2) is 6.57 Å². The van der Waals surface area contributed by atoms with Crippen molar-refractivity contribution in [3.8, 4) is 11.8 Å². The van der Waals surface area contributed by atoms with E-state index < -0.39 is 16.7 Å². The van der Waals surface area contributed by atoms with Crippen molar-refractivity contribution in [1.29, 1.82) is 5.26 Å². The number of rotatable bonds is 12. The lowest BCUT2D eigenvalue weighted by atomic mass is 10.2. The molecule has 0 heterocycles. The Morgan fingerprint density at radius 1 is 1.02 bits per heavy atom. The quantitative estimate of drug-likeness (QED) is 0.0577. The fraction of sp³-hybridized carbons (Fsp3) is 0.143. The van der Waals surface area contributed by atoms with Crippen LogP contribution in [0, 0.1) is 28.0 Å². The maximum atomic E-state index is 12.9. The number of benzene rings is 3. The Hall–Kier alpha value is -4.78. The van der Waals surface area contributed by atoms with E-state index >= 15 is 0 Å². The minimum Gasteiger partial charge on any atom is -0.508 e. The lowest BCUT2D eigenvalue weighted by molar-refractivity contribution is -0.384. The number of aromatic hydroxyl groups is 1. The molecule has 0 fully saturated rings. The Morgan fingerprint density at radius 2 is 1.65 bits per heavy atom. The molecule has 3 N–H and O–H groups in total. The third-order valence-electron chi connectivity index (χ3n) is 5.18. The molecule has 0 aliphatic heterocycles. The van der Waals surface area contributed by atoms with Gasteiger partial charge >= 0.3 is 0 Å². The van der Waals surface area contributed by atoms with Crippen LogP contribution < -0.4 is 10.6 Å². The minimum atomic E-state index is -0.504. The van der Waals surface area contributed by atoms with Crippen molar-refractivity contribution in [3.05, 3.63) is 99.4 Å². The lowest BCUT2D eigenvalue weighted by Gasteiger charge is -2.17. The van der Waals surface area contributed by atoms with Crippen LogP contribution in [0.3, 0.4) is 0 Å². The van der Waals surface area contributed by atoms with Crippen LogP contribution in [0.5, 0.6) is 5.75 Å². The highest BCUT2D eigenvalue weighted by molar-refractivity contribution is 8.00. The molecule has 0 unspecified atom stereocenters. The van der Waals surface area contributed by atoms with E-state index in [1.807, 2.05) is 0 Å². The van der Waals surface area contributed by atoms with Crippen LogP contribution in [-0.4, -0.2) is 39.9 Å². The molecule has 3 aromatic rings. The van der Waals surface area contributed by atoms with Gasteiger partial charge in [-0.15, -0.1) is 23.5 Å². The maximum absolute atomic E-state index is 12.9. The predicted molar refractivity (Wildman–Crippen MR) is 156 cm³/mol. The number of nitro groups is 1. The molecular weight excluding hydrogens is 550 g/mol. The van der Waals surface area contributed by atoms with E-state index in [-0.39, 0.29) is 24.4 Å². The normalized spacial score (nSPS) is 10.4. The molecule has 0 bridgehead atoms. The minimum absolute atomic E-state index is 0.0332. The maximum Gasteiger partial charge on any atom is 0.269 e. The molecule has 0 aliphatic carbocycles. The van der Waals surface area contributed by atoms with E-state index in [0.717, 1.165) is 0 Å². The largest absolute Gasteiger partial charge is 0.508 e. The van der Waals surface area contributed by atoms with Gasteiger partial charge in [0.1, 0.15) is 5.75 Å². The summed E-state index contributed by atoms with van der Waals surface area (Å²) in [6, 6.07) is 17.1. The first-order chi connectivity index (χ1) is 19.3. The van der Waals surface area contributed by atoms with Crippen molar-refractivity contribution in [2.24, 2.45) is 0 Å². The Bertz CT molecular complexity index is 1490. The average molecular weight is 574 g/mol. The molecular formula is C28H23N5O5S2. The highest BCUT2D eigenvalue weighted by Gasteiger charge is 2.16. The zero-order valence-corrected chi connectivity index (χ0v) is 22.6. The molecule has 3 rings (SSSR count). The fourth-order valence-corrected chi connectivity index (χ4v) is 5.01. The first-order valence-corrected chi connectivity index (χ1v) is 13.8. The molecule has 0 aliphatic rings. The molecule has 12 heteroatoms. The molecule has 10 nitrogen and oxygen atoms in total. The molecule has 0 atom stereocenters. The van der Waals surface area contributed by atoms with Gasteiger partial charge in [-0.05, 0) is 60.2 Å². The number of nitrogens with zero attached hydrogens (tertiary/aromatic N) is 3. The van der Waals surface area contributed by atoms with Crippen molar-refractivity contribution in [3.63, 3.8) is 0 Å². The number of carbonyl (C=O) groups excluding carboxylic acids is 2. The third kappa shape index (κ3) is 8.91.